The highest BCUT2D eigenvalue weighted by Gasteiger charge is 2.27. The van der Waals surface area contributed by atoms with E-state index in [1.54, 1.807) is 0 Å². The zero-order valence-corrected chi connectivity index (χ0v) is 8.29. The Labute approximate surface area is 75.6 Å². The van der Waals surface area contributed by atoms with Gasteiger partial charge in [-0.05, 0) is 45.7 Å². The summed E-state index contributed by atoms with van der Waals surface area (Å²) in [7, 11) is 4.31. The second-order valence-corrected chi connectivity index (χ2v) is 4.09. The minimum Gasteiger partial charge on any atom is -0.396 e. The zero-order chi connectivity index (χ0) is 8.97. The average molecular weight is 171 g/mol. The summed E-state index contributed by atoms with van der Waals surface area (Å²) >= 11 is 0. The Morgan fingerprint density at radius 2 is 2.08 bits per heavy atom. The van der Waals surface area contributed by atoms with Crippen LogP contribution in [0.1, 0.15) is 32.1 Å². The van der Waals surface area contributed by atoms with E-state index in [1.165, 1.54) is 19.3 Å². The summed E-state index contributed by atoms with van der Waals surface area (Å²) in [6.07, 6.45) is 6.32. The molecule has 1 unspecified atom stereocenters. The quantitative estimate of drug-likeness (QED) is 0.677. The molecule has 0 spiro atoms. The molecular weight excluding hydrogens is 150 g/mol. The third-order valence-electron chi connectivity index (χ3n) is 3.02. The molecule has 0 saturated heterocycles. The number of hydrogen-bond acceptors (Lipinski definition) is 2. The minimum absolute atomic E-state index is 0.344. The number of aliphatic hydroxyl groups is 1. The molecule has 0 aromatic carbocycles. The fourth-order valence-electron chi connectivity index (χ4n) is 2.04. The van der Waals surface area contributed by atoms with Crippen LogP contribution >= 0.6 is 0 Å². The first-order valence-electron chi connectivity index (χ1n) is 5.03. The largest absolute Gasteiger partial charge is 0.396 e. The van der Waals surface area contributed by atoms with Crippen molar-refractivity contribution in [3.05, 3.63) is 0 Å². The van der Waals surface area contributed by atoms with E-state index < -0.39 is 0 Å². The smallest absolute Gasteiger partial charge is 0.0431 e. The van der Waals surface area contributed by atoms with Crippen molar-refractivity contribution in [1.82, 2.24) is 4.90 Å². The van der Waals surface area contributed by atoms with Gasteiger partial charge in [0.1, 0.15) is 0 Å². The lowest BCUT2D eigenvalue weighted by Gasteiger charge is -2.37. The van der Waals surface area contributed by atoms with E-state index in [9.17, 15) is 0 Å². The molecule has 0 aromatic heterocycles. The van der Waals surface area contributed by atoms with Crippen molar-refractivity contribution in [3.63, 3.8) is 0 Å². The lowest BCUT2D eigenvalue weighted by molar-refractivity contribution is 0.123. The molecule has 2 heteroatoms. The maximum atomic E-state index is 8.75. The number of rotatable bonds is 5. The van der Waals surface area contributed by atoms with E-state index in [0.29, 0.717) is 12.6 Å². The predicted molar refractivity (Wildman–Crippen MR) is 51.1 cm³/mol. The topological polar surface area (TPSA) is 23.5 Å². The van der Waals surface area contributed by atoms with Crippen LogP contribution < -0.4 is 0 Å². The van der Waals surface area contributed by atoms with Crippen LogP contribution in [0.4, 0.5) is 0 Å². The molecule has 0 aromatic rings. The summed E-state index contributed by atoms with van der Waals surface area (Å²) in [6.45, 7) is 0.344. The fraction of sp³-hybridized carbons (Fsp3) is 1.00. The van der Waals surface area contributed by atoms with Crippen LogP contribution in [-0.4, -0.2) is 36.8 Å². The monoisotopic (exact) mass is 171 g/mol. The highest BCUT2D eigenvalue weighted by atomic mass is 16.2. The molecule has 1 fully saturated rings. The molecule has 1 aliphatic carbocycles. The standard InChI is InChI=1S/C10H21NO/c1-11(2)10(7-4-8-12)9-5-3-6-9/h9-10,12H,3-8H2,1-2H3. The van der Waals surface area contributed by atoms with Crippen LogP contribution in [0.25, 0.3) is 0 Å². The third-order valence-corrected chi connectivity index (χ3v) is 3.02. The molecule has 1 aliphatic rings. The molecule has 12 heavy (non-hydrogen) atoms. The first-order valence-corrected chi connectivity index (χ1v) is 5.03. The van der Waals surface area contributed by atoms with Crippen molar-refractivity contribution < 1.29 is 5.11 Å². The fourth-order valence-corrected chi connectivity index (χ4v) is 2.04. The van der Waals surface area contributed by atoms with Crippen molar-refractivity contribution >= 4 is 0 Å². The van der Waals surface area contributed by atoms with Gasteiger partial charge in [0.15, 0.2) is 0 Å². The van der Waals surface area contributed by atoms with E-state index >= 15 is 0 Å². The van der Waals surface area contributed by atoms with Gasteiger partial charge in [-0.3, -0.25) is 0 Å². The van der Waals surface area contributed by atoms with Crippen molar-refractivity contribution in [3.8, 4) is 0 Å². The summed E-state index contributed by atoms with van der Waals surface area (Å²) in [6, 6.07) is 0.714. The number of nitrogens with zero attached hydrogens (tertiary/aromatic N) is 1. The maximum Gasteiger partial charge on any atom is 0.0431 e. The van der Waals surface area contributed by atoms with Crippen LogP contribution in [-0.2, 0) is 0 Å². The lowest BCUT2D eigenvalue weighted by Crippen LogP contribution is -2.38. The second-order valence-electron chi connectivity index (χ2n) is 4.09. The summed E-state index contributed by atoms with van der Waals surface area (Å²) < 4.78 is 0. The van der Waals surface area contributed by atoms with Crippen molar-refractivity contribution in [2.24, 2.45) is 5.92 Å². The van der Waals surface area contributed by atoms with Crippen LogP contribution in [0, 0.1) is 5.92 Å². The zero-order valence-electron chi connectivity index (χ0n) is 8.29. The van der Waals surface area contributed by atoms with Gasteiger partial charge in [-0.25, -0.2) is 0 Å². The number of aliphatic hydroxyl groups excluding tert-OH is 1. The SMILES string of the molecule is CN(C)C(CCCO)C1CCC1. The van der Waals surface area contributed by atoms with Crippen LogP contribution in [0.2, 0.25) is 0 Å². The second kappa shape index (κ2) is 4.83. The molecule has 1 N–H and O–H groups in total. The molecule has 1 rings (SSSR count). The van der Waals surface area contributed by atoms with Gasteiger partial charge in [0.2, 0.25) is 0 Å². The Morgan fingerprint density at radius 3 is 2.42 bits per heavy atom. The summed E-state index contributed by atoms with van der Waals surface area (Å²) in [5.41, 5.74) is 0. The molecule has 1 saturated carbocycles. The van der Waals surface area contributed by atoms with Crippen LogP contribution in [0.3, 0.4) is 0 Å². The van der Waals surface area contributed by atoms with Gasteiger partial charge < -0.3 is 10.0 Å². The van der Waals surface area contributed by atoms with E-state index in [1.807, 2.05) is 0 Å². The summed E-state index contributed by atoms with van der Waals surface area (Å²) in [5, 5.41) is 8.75. The first kappa shape index (κ1) is 10.0. The number of hydrogen-bond donors (Lipinski definition) is 1. The van der Waals surface area contributed by atoms with Gasteiger partial charge in [-0.2, -0.15) is 0 Å². The Bertz CT molecular complexity index is 121. The molecule has 2 nitrogen and oxygen atoms in total. The molecule has 72 valence electrons. The van der Waals surface area contributed by atoms with E-state index in [2.05, 4.69) is 19.0 Å². The average Bonchev–Trinajstić information content (AvgIpc) is 1.93. The lowest BCUT2D eigenvalue weighted by atomic mass is 9.78. The van der Waals surface area contributed by atoms with E-state index in [4.69, 9.17) is 5.11 Å². The summed E-state index contributed by atoms with van der Waals surface area (Å²) in [4.78, 5) is 2.32. The highest BCUT2D eigenvalue weighted by Crippen LogP contribution is 2.33. The Kier molecular flexibility index (Phi) is 4.02. The van der Waals surface area contributed by atoms with Gasteiger partial charge in [0.25, 0.3) is 0 Å². The Morgan fingerprint density at radius 1 is 1.42 bits per heavy atom. The Balaban J connectivity index is 2.27. The minimum atomic E-state index is 0.344. The molecule has 0 bridgehead atoms. The molecule has 0 radical (unpaired) electrons. The van der Waals surface area contributed by atoms with Crippen LogP contribution in [0.5, 0.6) is 0 Å². The first-order chi connectivity index (χ1) is 5.75. The van der Waals surface area contributed by atoms with E-state index in [0.717, 1.165) is 18.8 Å². The third kappa shape index (κ3) is 2.46. The van der Waals surface area contributed by atoms with Gasteiger partial charge in [0.05, 0.1) is 0 Å². The Hall–Kier alpha value is -0.0800. The molecule has 1 atom stereocenters. The van der Waals surface area contributed by atoms with E-state index in [-0.39, 0.29) is 0 Å². The molecule has 0 aliphatic heterocycles. The molecule has 0 heterocycles. The van der Waals surface area contributed by atoms with Gasteiger partial charge in [0, 0.05) is 12.6 Å². The van der Waals surface area contributed by atoms with Crippen LogP contribution in [0.15, 0.2) is 0 Å². The normalized spacial score (nSPS) is 21.0. The van der Waals surface area contributed by atoms with Crippen molar-refractivity contribution in [2.75, 3.05) is 20.7 Å². The maximum absolute atomic E-state index is 8.75. The predicted octanol–water partition coefficient (Wildman–Crippen LogP) is 1.49. The summed E-state index contributed by atoms with van der Waals surface area (Å²) in [5.74, 6) is 0.909. The molecule has 0 amide bonds. The van der Waals surface area contributed by atoms with Gasteiger partial charge in [-0.15, -0.1) is 0 Å². The van der Waals surface area contributed by atoms with Gasteiger partial charge >= 0.3 is 0 Å². The van der Waals surface area contributed by atoms with Crippen molar-refractivity contribution in [1.29, 1.82) is 0 Å². The highest BCUT2D eigenvalue weighted by molar-refractivity contribution is 4.82. The van der Waals surface area contributed by atoms with Gasteiger partial charge in [-0.1, -0.05) is 6.42 Å². The molecular formula is C10H21NO. The van der Waals surface area contributed by atoms with Crippen molar-refractivity contribution in [2.45, 2.75) is 38.1 Å².